The van der Waals surface area contributed by atoms with Crippen LogP contribution in [0.4, 0.5) is 10.5 Å². The van der Waals surface area contributed by atoms with E-state index in [0.29, 0.717) is 20.6 Å². The number of carbonyl (C=O) groups excluding carboxylic acids is 4. The van der Waals surface area contributed by atoms with Gasteiger partial charge in [0.2, 0.25) is 5.91 Å². The number of nitrogens with one attached hydrogen (secondary N) is 1. The molecule has 1 aliphatic heterocycles. The van der Waals surface area contributed by atoms with Crippen LogP contribution in [-0.2, 0) is 14.4 Å². The molecule has 0 bridgehead atoms. The van der Waals surface area contributed by atoms with Crippen molar-refractivity contribution >= 4 is 52.6 Å². The number of nitrogens with zero attached hydrogens (tertiary/aromatic N) is 2. The molecule has 1 heterocycles. The van der Waals surface area contributed by atoms with Gasteiger partial charge in [-0.25, -0.2) is 9.69 Å². The summed E-state index contributed by atoms with van der Waals surface area (Å²) in [5.41, 5.74) is 0.318. The molecule has 2 rings (SSSR count). The Labute approximate surface area is 142 Å². The summed E-state index contributed by atoms with van der Waals surface area (Å²) >= 11 is 11.6. The van der Waals surface area contributed by atoms with Gasteiger partial charge in [0.1, 0.15) is 6.54 Å². The lowest BCUT2D eigenvalue weighted by Gasteiger charge is -2.18. The second-order valence-corrected chi connectivity index (χ2v) is 6.02. The number of imide groups is 2. The van der Waals surface area contributed by atoms with E-state index in [1.807, 2.05) is 0 Å². The Morgan fingerprint density at radius 3 is 2.13 bits per heavy atom. The molecule has 23 heavy (non-hydrogen) atoms. The Bertz CT molecular complexity index is 685. The third kappa shape index (κ3) is 3.62. The smallest absolute Gasteiger partial charge is 0.324 e. The highest BCUT2D eigenvalue weighted by Crippen LogP contribution is 2.22. The maximum atomic E-state index is 12.1. The van der Waals surface area contributed by atoms with Gasteiger partial charge in [0, 0.05) is 21.8 Å². The van der Waals surface area contributed by atoms with Gasteiger partial charge in [-0.1, -0.05) is 23.2 Å². The zero-order valence-corrected chi connectivity index (χ0v) is 13.8. The van der Waals surface area contributed by atoms with E-state index >= 15 is 0 Å². The van der Waals surface area contributed by atoms with Gasteiger partial charge < -0.3 is 5.32 Å². The number of halogens is 2. The molecule has 5 amide bonds. The molecule has 0 aromatic heterocycles. The van der Waals surface area contributed by atoms with Crippen LogP contribution in [-0.4, -0.2) is 46.1 Å². The van der Waals surface area contributed by atoms with E-state index in [-0.39, 0.29) is 0 Å². The molecule has 7 nitrogen and oxygen atoms in total. The third-order valence-electron chi connectivity index (χ3n) is 3.05. The molecular formula is C14H13Cl2N3O4. The molecule has 0 unspecified atom stereocenters. The van der Waals surface area contributed by atoms with Gasteiger partial charge in [0.05, 0.1) is 0 Å². The van der Waals surface area contributed by atoms with Crippen molar-refractivity contribution in [2.75, 3.05) is 11.9 Å². The number of hydrogen-bond donors (Lipinski definition) is 1. The van der Waals surface area contributed by atoms with E-state index in [2.05, 4.69) is 5.32 Å². The van der Waals surface area contributed by atoms with E-state index in [9.17, 15) is 19.2 Å². The highest BCUT2D eigenvalue weighted by molar-refractivity contribution is 6.45. The van der Waals surface area contributed by atoms with Crippen molar-refractivity contribution in [2.45, 2.75) is 19.9 Å². The number of hydrogen-bond acceptors (Lipinski definition) is 4. The molecule has 9 heteroatoms. The maximum absolute atomic E-state index is 12.1. The van der Waals surface area contributed by atoms with Crippen molar-refractivity contribution in [1.29, 1.82) is 0 Å². The van der Waals surface area contributed by atoms with Crippen LogP contribution < -0.4 is 5.32 Å². The standard InChI is InChI=1S/C14H13Cl2N3O4/c1-7(2)19-13(22)12(21)18(14(19)23)6-11(20)17-10-4-8(15)3-9(16)5-10/h3-5,7H,6H2,1-2H3,(H,17,20). The topological polar surface area (TPSA) is 86.8 Å². The summed E-state index contributed by atoms with van der Waals surface area (Å²) in [4.78, 5) is 49.0. The fourth-order valence-electron chi connectivity index (χ4n) is 2.09. The lowest BCUT2D eigenvalue weighted by molar-refractivity contribution is -0.144. The van der Waals surface area contributed by atoms with E-state index in [0.717, 1.165) is 4.90 Å². The van der Waals surface area contributed by atoms with Crippen LogP contribution in [0.2, 0.25) is 10.0 Å². The van der Waals surface area contributed by atoms with Crippen molar-refractivity contribution in [3.63, 3.8) is 0 Å². The fraction of sp³-hybridized carbons (Fsp3) is 0.286. The second-order valence-electron chi connectivity index (χ2n) is 5.15. The molecule has 1 aromatic carbocycles. The van der Waals surface area contributed by atoms with Gasteiger partial charge >= 0.3 is 17.8 Å². The summed E-state index contributed by atoms with van der Waals surface area (Å²) < 4.78 is 0. The zero-order valence-electron chi connectivity index (χ0n) is 12.3. The first kappa shape index (κ1) is 17.2. The van der Waals surface area contributed by atoms with Crippen molar-refractivity contribution in [3.8, 4) is 0 Å². The first-order valence-corrected chi connectivity index (χ1v) is 7.41. The third-order valence-corrected chi connectivity index (χ3v) is 3.48. The average molecular weight is 358 g/mol. The highest BCUT2D eigenvalue weighted by Gasteiger charge is 2.46. The van der Waals surface area contributed by atoms with Gasteiger partial charge in [0.25, 0.3) is 0 Å². The molecule has 1 saturated heterocycles. The van der Waals surface area contributed by atoms with E-state index in [1.54, 1.807) is 13.8 Å². The van der Waals surface area contributed by atoms with Gasteiger partial charge in [-0.15, -0.1) is 0 Å². The molecular weight excluding hydrogens is 345 g/mol. The Morgan fingerprint density at radius 2 is 1.65 bits per heavy atom. The fourth-order valence-corrected chi connectivity index (χ4v) is 2.61. The Balaban J connectivity index is 2.09. The van der Waals surface area contributed by atoms with Crippen molar-refractivity contribution in [1.82, 2.24) is 9.80 Å². The largest absolute Gasteiger partial charge is 0.334 e. The SMILES string of the molecule is CC(C)N1C(=O)C(=O)N(CC(=O)Nc2cc(Cl)cc(Cl)c2)C1=O. The van der Waals surface area contributed by atoms with Crippen molar-refractivity contribution in [2.24, 2.45) is 0 Å². The number of urea groups is 1. The number of amides is 5. The molecule has 1 fully saturated rings. The molecule has 0 spiro atoms. The first-order chi connectivity index (χ1) is 10.7. The Morgan fingerprint density at radius 1 is 1.09 bits per heavy atom. The lowest BCUT2D eigenvalue weighted by Crippen LogP contribution is -2.40. The van der Waals surface area contributed by atoms with Crippen LogP contribution in [0, 0.1) is 0 Å². The average Bonchev–Trinajstić information content (AvgIpc) is 2.61. The Hall–Kier alpha value is -2.12. The summed E-state index contributed by atoms with van der Waals surface area (Å²) in [6.45, 7) is 2.62. The normalized spacial score (nSPS) is 14.9. The summed E-state index contributed by atoms with van der Waals surface area (Å²) in [5.74, 6) is -2.62. The van der Waals surface area contributed by atoms with Crippen LogP contribution in [0.3, 0.4) is 0 Å². The monoisotopic (exact) mass is 357 g/mol. The molecule has 1 aromatic rings. The molecule has 0 atom stereocenters. The summed E-state index contributed by atoms with van der Waals surface area (Å²) in [5, 5.41) is 3.11. The van der Waals surface area contributed by atoms with Crippen LogP contribution in [0.5, 0.6) is 0 Å². The van der Waals surface area contributed by atoms with Gasteiger partial charge in [-0.2, -0.15) is 0 Å². The number of anilines is 1. The molecule has 1 N–H and O–H groups in total. The summed E-state index contributed by atoms with van der Waals surface area (Å²) in [6.07, 6.45) is 0. The summed E-state index contributed by atoms with van der Waals surface area (Å²) in [7, 11) is 0. The molecule has 0 saturated carbocycles. The predicted molar refractivity (Wildman–Crippen MR) is 84.2 cm³/mol. The molecule has 122 valence electrons. The van der Waals surface area contributed by atoms with E-state index in [1.165, 1.54) is 18.2 Å². The molecule has 0 aliphatic carbocycles. The quantitative estimate of drug-likeness (QED) is 0.660. The van der Waals surface area contributed by atoms with Gasteiger partial charge in [-0.05, 0) is 32.0 Å². The Kier molecular flexibility index (Phi) is 4.91. The van der Waals surface area contributed by atoms with Crippen LogP contribution >= 0.6 is 23.2 Å². The second kappa shape index (κ2) is 6.55. The minimum atomic E-state index is -1.03. The number of carbonyl (C=O) groups is 4. The number of rotatable bonds is 4. The van der Waals surface area contributed by atoms with Crippen LogP contribution in [0.25, 0.3) is 0 Å². The maximum Gasteiger partial charge on any atom is 0.334 e. The first-order valence-electron chi connectivity index (χ1n) is 6.65. The zero-order chi connectivity index (χ0) is 17.3. The molecule has 0 radical (unpaired) electrons. The summed E-state index contributed by atoms with van der Waals surface area (Å²) in [6, 6.07) is 3.13. The van der Waals surface area contributed by atoms with Gasteiger partial charge in [0.15, 0.2) is 0 Å². The highest BCUT2D eigenvalue weighted by atomic mass is 35.5. The lowest BCUT2D eigenvalue weighted by atomic mass is 10.3. The minimum absolute atomic E-state index is 0.318. The predicted octanol–water partition coefficient (Wildman–Crippen LogP) is 2.13. The van der Waals surface area contributed by atoms with Gasteiger partial charge in [-0.3, -0.25) is 19.3 Å². The van der Waals surface area contributed by atoms with E-state index < -0.39 is 36.3 Å². The van der Waals surface area contributed by atoms with Crippen LogP contribution in [0.1, 0.15) is 13.8 Å². The number of benzene rings is 1. The van der Waals surface area contributed by atoms with E-state index in [4.69, 9.17) is 23.2 Å². The van der Waals surface area contributed by atoms with Crippen LogP contribution in [0.15, 0.2) is 18.2 Å². The minimum Gasteiger partial charge on any atom is -0.324 e. The van der Waals surface area contributed by atoms with Crippen molar-refractivity contribution < 1.29 is 19.2 Å². The molecule has 1 aliphatic rings. The van der Waals surface area contributed by atoms with Crippen molar-refractivity contribution in [3.05, 3.63) is 28.2 Å².